The van der Waals surface area contributed by atoms with Crippen LogP contribution in [-0.4, -0.2) is 40.6 Å². The summed E-state index contributed by atoms with van der Waals surface area (Å²) in [5.41, 5.74) is 8.86. The summed E-state index contributed by atoms with van der Waals surface area (Å²) >= 11 is 0. The smallest absolute Gasteiger partial charge is 0.224 e. The quantitative estimate of drug-likeness (QED) is 0.831. The van der Waals surface area contributed by atoms with Gasteiger partial charge in [0.2, 0.25) is 5.91 Å². The Morgan fingerprint density at radius 1 is 1.38 bits per heavy atom. The maximum atomic E-state index is 12.7. The molecule has 0 bridgehead atoms. The molecular formula is C21H26N4O. The van der Waals surface area contributed by atoms with Crippen molar-refractivity contribution in [1.82, 2.24) is 9.88 Å². The summed E-state index contributed by atoms with van der Waals surface area (Å²) in [6.45, 7) is 3.78. The minimum absolute atomic E-state index is 0.195. The van der Waals surface area contributed by atoms with E-state index in [0.717, 1.165) is 48.8 Å². The highest BCUT2D eigenvalue weighted by Crippen LogP contribution is 2.38. The molecule has 1 saturated carbocycles. The molecule has 1 aliphatic carbocycles. The number of amides is 1. The minimum Gasteiger partial charge on any atom is -0.342 e. The minimum atomic E-state index is -0.241. The molecule has 4 rings (SSSR count). The number of aromatic nitrogens is 1. The molecule has 0 spiro atoms. The molecule has 0 radical (unpaired) electrons. The fourth-order valence-corrected chi connectivity index (χ4v) is 4.22. The van der Waals surface area contributed by atoms with Crippen LogP contribution in [0.2, 0.25) is 0 Å². The van der Waals surface area contributed by atoms with Crippen molar-refractivity contribution >= 4 is 23.0 Å². The first-order chi connectivity index (χ1) is 12.5. The van der Waals surface area contributed by atoms with Crippen LogP contribution in [0.1, 0.15) is 49.7 Å². The number of hydrogen-bond donors (Lipinski definition) is 2. The molecule has 1 aromatic heterocycles. The molecule has 3 N–H and O–H groups in total. The van der Waals surface area contributed by atoms with Crippen molar-refractivity contribution in [2.24, 2.45) is 11.7 Å². The van der Waals surface area contributed by atoms with Gasteiger partial charge in [-0.2, -0.15) is 0 Å². The Hall–Kier alpha value is -2.27. The Balaban J connectivity index is 1.63. The number of fused-ring (bicyclic) bond motifs is 1. The van der Waals surface area contributed by atoms with Gasteiger partial charge in [-0.05, 0) is 36.8 Å². The SMILES string of the molecule is C[C@H]1C[C@H](c2ccc(C=N)c3ncccc23)CN(C(=O)CC2(N)CC2)C1. The van der Waals surface area contributed by atoms with Crippen molar-refractivity contribution in [2.45, 2.75) is 44.1 Å². The number of rotatable bonds is 4. The largest absolute Gasteiger partial charge is 0.342 e. The Morgan fingerprint density at radius 3 is 2.92 bits per heavy atom. The number of nitrogens with zero attached hydrogens (tertiary/aromatic N) is 2. The van der Waals surface area contributed by atoms with Crippen LogP contribution in [0.25, 0.3) is 10.9 Å². The van der Waals surface area contributed by atoms with Gasteiger partial charge >= 0.3 is 0 Å². The van der Waals surface area contributed by atoms with E-state index < -0.39 is 0 Å². The van der Waals surface area contributed by atoms with Gasteiger partial charge in [-0.1, -0.05) is 25.1 Å². The lowest BCUT2D eigenvalue weighted by molar-refractivity contribution is -0.133. The van der Waals surface area contributed by atoms with Crippen LogP contribution < -0.4 is 5.73 Å². The molecule has 2 fully saturated rings. The second kappa shape index (κ2) is 6.47. The van der Waals surface area contributed by atoms with Crippen LogP contribution in [0.3, 0.4) is 0 Å². The molecule has 1 aliphatic heterocycles. The molecule has 0 unspecified atom stereocenters. The van der Waals surface area contributed by atoms with Gasteiger partial charge in [-0.15, -0.1) is 0 Å². The standard InChI is InChI=1S/C21H26N4O/c1-14-9-16(13-25(12-14)19(26)10-21(23)6-7-21)17-5-4-15(11-22)20-18(17)3-2-8-24-20/h2-5,8,11,14,16,22H,6-7,9-10,12-13,23H2,1H3/t14-,16-/m0/s1. The monoisotopic (exact) mass is 350 g/mol. The first-order valence-electron chi connectivity index (χ1n) is 9.44. The summed E-state index contributed by atoms with van der Waals surface area (Å²) in [7, 11) is 0. The van der Waals surface area contributed by atoms with Crippen molar-refractivity contribution in [3.05, 3.63) is 41.6 Å². The third-order valence-corrected chi connectivity index (χ3v) is 5.84. The normalized spacial score (nSPS) is 24.5. The lowest BCUT2D eigenvalue weighted by Crippen LogP contribution is -2.44. The van der Waals surface area contributed by atoms with Crippen molar-refractivity contribution in [1.29, 1.82) is 5.41 Å². The van der Waals surface area contributed by atoms with Crippen LogP contribution in [0.4, 0.5) is 0 Å². The van der Waals surface area contributed by atoms with Gasteiger partial charge in [0.25, 0.3) is 0 Å². The zero-order valence-corrected chi connectivity index (χ0v) is 15.2. The third kappa shape index (κ3) is 3.23. The van der Waals surface area contributed by atoms with Crippen LogP contribution in [0.5, 0.6) is 0 Å². The second-order valence-corrected chi connectivity index (χ2v) is 8.16. The second-order valence-electron chi connectivity index (χ2n) is 8.16. The molecule has 1 saturated heterocycles. The molecule has 1 amide bonds. The van der Waals surface area contributed by atoms with E-state index in [9.17, 15) is 4.79 Å². The molecule has 2 atom stereocenters. The Labute approximate surface area is 154 Å². The summed E-state index contributed by atoms with van der Waals surface area (Å²) in [6, 6.07) is 8.11. The van der Waals surface area contributed by atoms with Gasteiger partial charge in [-0.3, -0.25) is 9.78 Å². The number of piperidine rings is 1. The zero-order valence-electron chi connectivity index (χ0n) is 15.2. The number of likely N-dealkylation sites (tertiary alicyclic amines) is 1. The summed E-state index contributed by atoms with van der Waals surface area (Å²) in [5, 5.41) is 8.72. The molecule has 5 heteroatoms. The highest BCUT2D eigenvalue weighted by Gasteiger charge is 2.42. The average molecular weight is 350 g/mol. The molecular weight excluding hydrogens is 324 g/mol. The predicted octanol–water partition coefficient (Wildman–Crippen LogP) is 3.07. The van der Waals surface area contributed by atoms with Gasteiger partial charge in [-0.25, -0.2) is 0 Å². The summed E-state index contributed by atoms with van der Waals surface area (Å²) in [5.74, 6) is 0.946. The third-order valence-electron chi connectivity index (χ3n) is 5.84. The van der Waals surface area contributed by atoms with Gasteiger partial charge in [0.1, 0.15) is 0 Å². The van der Waals surface area contributed by atoms with E-state index in [2.05, 4.69) is 24.0 Å². The Kier molecular flexibility index (Phi) is 4.27. The molecule has 1 aromatic carbocycles. The van der Waals surface area contributed by atoms with Crippen LogP contribution in [0, 0.1) is 11.3 Å². The first kappa shape index (κ1) is 17.2. The highest BCUT2D eigenvalue weighted by atomic mass is 16.2. The summed E-state index contributed by atoms with van der Waals surface area (Å²) < 4.78 is 0. The average Bonchev–Trinajstić information content (AvgIpc) is 3.36. The topological polar surface area (TPSA) is 83.1 Å². The van der Waals surface area contributed by atoms with Crippen molar-refractivity contribution in [2.75, 3.05) is 13.1 Å². The molecule has 136 valence electrons. The maximum absolute atomic E-state index is 12.7. The van der Waals surface area contributed by atoms with Gasteiger partial charge < -0.3 is 16.0 Å². The van der Waals surface area contributed by atoms with E-state index >= 15 is 0 Å². The molecule has 26 heavy (non-hydrogen) atoms. The van der Waals surface area contributed by atoms with Gasteiger partial charge in [0.05, 0.1) is 5.52 Å². The van der Waals surface area contributed by atoms with E-state index in [-0.39, 0.29) is 11.4 Å². The van der Waals surface area contributed by atoms with E-state index in [4.69, 9.17) is 11.1 Å². The van der Waals surface area contributed by atoms with Crippen LogP contribution >= 0.6 is 0 Å². The predicted molar refractivity (Wildman–Crippen MR) is 104 cm³/mol. The number of carbonyl (C=O) groups is 1. The number of benzene rings is 1. The zero-order chi connectivity index (χ0) is 18.3. The molecule has 2 aromatic rings. The van der Waals surface area contributed by atoms with Gasteiger partial charge in [0, 0.05) is 54.3 Å². The fourth-order valence-electron chi connectivity index (χ4n) is 4.22. The van der Waals surface area contributed by atoms with Crippen LogP contribution in [0.15, 0.2) is 30.5 Å². The molecule has 2 aliphatic rings. The van der Waals surface area contributed by atoms with E-state index in [1.54, 1.807) is 6.20 Å². The number of nitrogens with two attached hydrogens (primary N) is 1. The van der Waals surface area contributed by atoms with Crippen molar-refractivity contribution < 1.29 is 4.79 Å². The number of hydrogen-bond acceptors (Lipinski definition) is 4. The van der Waals surface area contributed by atoms with E-state index in [1.165, 1.54) is 11.8 Å². The van der Waals surface area contributed by atoms with E-state index in [0.29, 0.717) is 18.3 Å². The summed E-state index contributed by atoms with van der Waals surface area (Å²) in [4.78, 5) is 19.2. The Morgan fingerprint density at radius 2 is 2.19 bits per heavy atom. The maximum Gasteiger partial charge on any atom is 0.224 e. The number of nitrogens with one attached hydrogen (secondary N) is 1. The lowest BCUT2D eigenvalue weighted by atomic mass is 9.83. The summed E-state index contributed by atoms with van der Waals surface area (Å²) in [6.07, 6.45) is 6.59. The molecule has 2 heterocycles. The first-order valence-corrected chi connectivity index (χ1v) is 9.44. The van der Waals surface area contributed by atoms with E-state index in [1.807, 2.05) is 17.0 Å². The van der Waals surface area contributed by atoms with Crippen LogP contribution in [-0.2, 0) is 4.79 Å². The van der Waals surface area contributed by atoms with Crippen molar-refractivity contribution in [3.63, 3.8) is 0 Å². The number of carbonyl (C=O) groups excluding carboxylic acids is 1. The van der Waals surface area contributed by atoms with Gasteiger partial charge in [0.15, 0.2) is 0 Å². The number of pyridine rings is 1. The fraction of sp³-hybridized carbons (Fsp3) is 0.476. The Bertz CT molecular complexity index is 858. The lowest BCUT2D eigenvalue weighted by Gasteiger charge is -2.37. The highest BCUT2D eigenvalue weighted by molar-refractivity contribution is 5.98. The van der Waals surface area contributed by atoms with Crippen molar-refractivity contribution in [3.8, 4) is 0 Å². The molecule has 5 nitrogen and oxygen atoms in total.